The van der Waals surface area contributed by atoms with E-state index in [2.05, 4.69) is 33.8 Å². The summed E-state index contributed by atoms with van der Waals surface area (Å²) in [6.45, 7) is 9.97. The van der Waals surface area contributed by atoms with E-state index >= 15 is 0 Å². The molecule has 0 amide bonds. The minimum absolute atomic E-state index is 0.643. The summed E-state index contributed by atoms with van der Waals surface area (Å²) < 4.78 is 0. The zero-order valence-corrected chi connectivity index (χ0v) is 13.4. The fourth-order valence-corrected chi connectivity index (χ4v) is 5.77. The van der Waals surface area contributed by atoms with Gasteiger partial charge in [0.15, 0.2) is 0 Å². The Kier molecular flexibility index (Phi) is 3.56. The van der Waals surface area contributed by atoms with Gasteiger partial charge >= 0.3 is 0 Å². The first-order chi connectivity index (χ1) is 9.02. The van der Waals surface area contributed by atoms with Crippen molar-refractivity contribution < 1.29 is 0 Å². The predicted molar refractivity (Wildman–Crippen MR) is 83.0 cm³/mol. The van der Waals surface area contributed by atoms with E-state index in [0.29, 0.717) is 5.41 Å². The summed E-state index contributed by atoms with van der Waals surface area (Å²) in [5.41, 5.74) is 2.50. The van der Waals surface area contributed by atoms with Crippen LogP contribution in [0.4, 0.5) is 0 Å². The van der Waals surface area contributed by atoms with Crippen molar-refractivity contribution in [2.75, 3.05) is 0 Å². The maximum absolute atomic E-state index is 2.71. The van der Waals surface area contributed by atoms with Crippen molar-refractivity contribution in [2.45, 2.75) is 72.6 Å². The molecule has 2 saturated carbocycles. The van der Waals surface area contributed by atoms with Crippen LogP contribution >= 0.6 is 0 Å². The largest absolute Gasteiger partial charge is 0.0817 e. The molecule has 5 atom stereocenters. The van der Waals surface area contributed by atoms with E-state index in [1.54, 1.807) is 0 Å². The molecule has 2 fully saturated rings. The molecule has 3 aliphatic rings. The van der Waals surface area contributed by atoms with E-state index in [4.69, 9.17) is 0 Å². The lowest BCUT2D eigenvalue weighted by molar-refractivity contribution is -0.0127. The monoisotopic (exact) mass is 260 g/mol. The number of hydrogen-bond donors (Lipinski definition) is 0. The van der Waals surface area contributed by atoms with Gasteiger partial charge in [-0.15, -0.1) is 0 Å². The second-order valence-electron chi connectivity index (χ2n) is 8.30. The summed E-state index contributed by atoms with van der Waals surface area (Å²) in [6.07, 6.45) is 13.0. The molecule has 0 radical (unpaired) electrons. The Morgan fingerprint density at radius 1 is 1.16 bits per heavy atom. The lowest BCUT2D eigenvalue weighted by Gasteiger charge is -2.55. The Balaban J connectivity index is 1.87. The average molecular weight is 260 g/mol. The zero-order valence-electron chi connectivity index (χ0n) is 13.4. The highest BCUT2D eigenvalue weighted by Crippen LogP contribution is 2.59. The van der Waals surface area contributed by atoms with Gasteiger partial charge in [0.05, 0.1) is 0 Å². The SMILES string of the molecule is CC(C)[C@@H]1C=C2CC[C@H]3C(C)CCCC3(C)[C@H]2CC1. The van der Waals surface area contributed by atoms with E-state index < -0.39 is 0 Å². The van der Waals surface area contributed by atoms with Gasteiger partial charge in [0.2, 0.25) is 0 Å². The Morgan fingerprint density at radius 3 is 2.68 bits per heavy atom. The first-order valence-electron chi connectivity index (χ1n) is 8.73. The average Bonchev–Trinajstić information content (AvgIpc) is 2.38. The van der Waals surface area contributed by atoms with Gasteiger partial charge in [0.1, 0.15) is 0 Å². The topological polar surface area (TPSA) is 0 Å². The molecule has 3 rings (SSSR count). The minimum atomic E-state index is 0.643. The molecule has 0 spiro atoms. The van der Waals surface area contributed by atoms with Crippen molar-refractivity contribution in [1.29, 1.82) is 0 Å². The molecule has 0 nitrogen and oxygen atoms in total. The Hall–Kier alpha value is -0.260. The molecule has 0 aliphatic heterocycles. The fraction of sp³-hybridized carbons (Fsp3) is 0.895. The minimum Gasteiger partial charge on any atom is -0.0817 e. The highest BCUT2D eigenvalue weighted by atomic mass is 14.5. The molecule has 0 aromatic heterocycles. The summed E-state index contributed by atoms with van der Waals surface area (Å²) in [7, 11) is 0. The zero-order chi connectivity index (χ0) is 13.6. The molecule has 0 bridgehead atoms. The van der Waals surface area contributed by atoms with Crippen LogP contribution in [0.15, 0.2) is 11.6 Å². The smallest absolute Gasteiger partial charge is 0.0146 e. The van der Waals surface area contributed by atoms with Crippen LogP contribution in [0.5, 0.6) is 0 Å². The van der Waals surface area contributed by atoms with Gasteiger partial charge in [-0.2, -0.15) is 0 Å². The Labute approximate surface area is 120 Å². The van der Waals surface area contributed by atoms with Crippen LogP contribution in [-0.4, -0.2) is 0 Å². The van der Waals surface area contributed by atoms with Crippen LogP contribution in [0.2, 0.25) is 0 Å². The molecular formula is C19H32. The molecule has 0 saturated heterocycles. The van der Waals surface area contributed by atoms with E-state index in [-0.39, 0.29) is 0 Å². The summed E-state index contributed by atoms with van der Waals surface area (Å²) in [5, 5.41) is 0. The molecule has 108 valence electrons. The fourth-order valence-electron chi connectivity index (χ4n) is 5.77. The van der Waals surface area contributed by atoms with Crippen molar-refractivity contribution in [1.82, 2.24) is 0 Å². The molecule has 2 unspecified atom stereocenters. The van der Waals surface area contributed by atoms with Gasteiger partial charge in [-0.3, -0.25) is 0 Å². The van der Waals surface area contributed by atoms with Crippen LogP contribution in [0.25, 0.3) is 0 Å². The van der Waals surface area contributed by atoms with Gasteiger partial charge in [0.25, 0.3) is 0 Å². The quantitative estimate of drug-likeness (QED) is 0.520. The van der Waals surface area contributed by atoms with Gasteiger partial charge in [-0.1, -0.05) is 52.2 Å². The summed E-state index contributed by atoms with van der Waals surface area (Å²) in [6, 6.07) is 0. The molecule has 0 heteroatoms. The normalized spacial score (nSPS) is 46.5. The highest BCUT2D eigenvalue weighted by molar-refractivity contribution is 5.21. The lowest BCUT2D eigenvalue weighted by Crippen LogP contribution is -2.46. The standard InChI is InChI=1S/C19H32/c1-13(2)15-7-10-18-16(12-15)8-9-17-14(3)6-5-11-19(17,18)4/h12-15,17-18H,5-11H2,1-4H3/t14?,15-,17-,18-,19?/m0/s1. The van der Waals surface area contributed by atoms with E-state index in [9.17, 15) is 0 Å². The third-order valence-electron chi connectivity index (χ3n) is 6.97. The molecule has 3 aliphatic carbocycles. The second kappa shape index (κ2) is 4.93. The van der Waals surface area contributed by atoms with Crippen molar-refractivity contribution in [3.8, 4) is 0 Å². The molecular weight excluding hydrogens is 228 g/mol. The van der Waals surface area contributed by atoms with Gasteiger partial charge in [0, 0.05) is 0 Å². The summed E-state index contributed by atoms with van der Waals surface area (Å²) in [4.78, 5) is 0. The molecule has 0 aromatic carbocycles. The number of fused-ring (bicyclic) bond motifs is 3. The van der Waals surface area contributed by atoms with Crippen molar-refractivity contribution in [3.63, 3.8) is 0 Å². The van der Waals surface area contributed by atoms with Crippen molar-refractivity contribution in [2.24, 2.45) is 35.0 Å². The third kappa shape index (κ3) is 2.20. The number of hydrogen-bond acceptors (Lipinski definition) is 0. The van der Waals surface area contributed by atoms with Gasteiger partial charge in [-0.25, -0.2) is 0 Å². The van der Waals surface area contributed by atoms with Gasteiger partial charge in [-0.05, 0) is 67.1 Å². The first-order valence-corrected chi connectivity index (χ1v) is 8.73. The lowest BCUT2D eigenvalue weighted by atomic mass is 9.49. The molecule has 19 heavy (non-hydrogen) atoms. The van der Waals surface area contributed by atoms with Crippen LogP contribution < -0.4 is 0 Å². The maximum atomic E-state index is 2.71. The van der Waals surface area contributed by atoms with E-state index in [1.807, 2.05) is 5.57 Å². The van der Waals surface area contributed by atoms with E-state index in [0.717, 1.165) is 29.6 Å². The summed E-state index contributed by atoms with van der Waals surface area (Å²) in [5.74, 6) is 4.63. The third-order valence-corrected chi connectivity index (χ3v) is 6.97. The van der Waals surface area contributed by atoms with Crippen LogP contribution in [0.3, 0.4) is 0 Å². The number of allylic oxidation sites excluding steroid dienone is 2. The maximum Gasteiger partial charge on any atom is -0.0146 e. The second-order valence-corrected chi connectivity index (χ2v) is 8.30. The van der Waals surface area contributed by atoms with E-state index in [1.165, 1.54) is 44.9 Å². The van der Waals surface area contributed by atoms with Crippen LogP contribution in [0, 0.1) is 35.0 Å². The van der Waals surface area contributed by atoms with Gasteiger partial charge < -0.3 is 0 Å². The van der Waals surface area contributed by atoms with Crippen LogP contribution in [-0.2, 0) is 0 Å². The molecule has 0 aromatic rings. The molecule has 0 N–H and O–H groups in total. The Morgan fingerprint density at radius 2 is 1.95 bits per heavy atom. The number of rotatable bonds is 1. The van der Waals surface area contributed by atoms with Crippen molar-refractivity contribution >= 4 is 0 Å². The Bertz CT molecular complexity index is 364. The first kappa shape index (κ1) is 13.7. The summed E-state index contributed by atoms with van der Waals surface area (Å²) >= 11 is 0. The predicted octanol–water partition coefficient (Wildman–Crippen LogP) is 5.83. The highest BCUT2D eigenvalue weighted by Gasteiger charge is 2.49. The van der Waals surface area contributed by atoms with Crippen LogP contribution in [0.1, 0.15) is 72.6 Å². The molecule has 0 heterocycles. The van der Waals surface area contributed by atoms with Crippen molar-refractivity contribution in [3.05, 3.63) is 11.6 Å².